The Morgan fingerprint density at radius 2 is 1.75 bits per heavy atom. The number of hydrogen-bond acceptors (Lipinski definition) is 3. The van der Waals surface area contributed by atoms with Gasteiger partial charge in [0.25, 0.3) is 0 Å². The van der Waals surface area contributed by atoms with Gasteiger partial charge in [0.2, 0.25) is 5.91 Å². The van der Waals surface area contributed by atoms with Crippen LogP contribution in [0.5, 0.6) is 0 Å². The highest BCUT2D eigenvalue weighted by Gasteiger charge is 2.40. The lowest BCUT2D eigenvalue weighted by molar-refractivity contribution is -0.149. The number of rotatable bonds is 4. The van der Waals surface area contributed by atoms with Crippen molar-refractivity contribution < 1.29 is 14.7 Å². The van der Waals surface area contributed by atoms with Crippen molar-refractivity contribution in [1.29, 1.82) is 0 Å². The van der Waals surface area contributed by atoms with Crippen LogP contribution in [0.4, 0.5) is 0 Å². The SMILES string of the molecule is CCN1CCC(N(C)C(=O)[C@@H]2CCC[C@@H]2C(=O)O)CC1. The van der Waals surface area contributed by atoms with Crippen LogP contribution in [0.25, 0.3) is 0 Å². The van der Waals surface area contributed by atoms with Crippen molar-refractivity contribution in [1.82, 2.24) is 9.80 Å². The zero-order valence-electron chi connectivity index (χ0n) is 12.5. The van der Waals surface area contributed by atoms with E-state index in [4.69, 9.17) is 0 Å². The molecular weight excluding hydrogens is 256 g/mol. The van der Waals surface area contributed by atoms with E-state index in [1.165, 1.54) is 0 Å². The van der Waals surface area contributed by atoms with E-state index in [9.17, 15) is 14.7 Å². The lowest BCUT2D eigenvalue weighted by Gasteiger charge is -2.37. The molecule has 114 valence electrons. The number of nitrogens with zero attached hydrogens (tertiary/aromatic N) is 2. The largest absolute Gasteiger partial charge is 0.481 e. The summed E-state index contributed by atoms with van der Waals surface area (Å²) in [5.41, 5.74) is 0. The van der Waals surface area contributed by atoms with Gasteiger partial charge in [-0.25, -0.2) is 0 Å². The Hall–Kier alpha value is -1.10. The summed E-state index contributed by atoms with van der Waals surface area (Å²) in [6.45, 7) is 5.29. The topological polar surface area (TPSA) is 60.9 Å². The van der Waals surface area contributed by atoms with Gasteiger partial charge in [-0.2, -0.15) is 0 Å². The van der Waals surface area contributed by atoms with Crippen molar-refractivity contribution in [2.24, 2.45) is 11.8 Å². The number of piperidine rings is 1. The number of hydrogen-bond donors (Lipinski definition) is 1. The van der Waals surface area contributed by atoms with Gasteiger partial charge in [0.1, 0.15) is 0 Å². The molecule has 5 heteroatoms. The Kier molecular flexibility index (Phi) is 5.02. The molecule has 2 fully saturated rings. The molecule has 0 aromatic heterocycles. The molecule has 20 heavy (non-hydrogen) atoms. The van der Waals surface area contributed by atoms with Crippen molar-refractivity contribution in [3.8, 4) is 0 Å². The first-order valence-electron chi connectivity index (χ1n) is 7.76. The fraction of sp³-hybridized carbons (Fsp3) is 0.867. The first-order valence-corrected chi connectivity index (χ1v) is 7.76. The second-order valence-corrected chi connectivity index (χ2v) is 6.10. The highest BCUT2D eigenvalue weighted by Crippen LogP contribution is 2.34. The summed E-state index contributed by atoms with van der Waals surface area (Å²) in [5, 5.41) is 9.21. The smallest absolute Gasteiger partial charge is 0.307 e. The maximum absolute atomic E-state index is 12.6. The Labute approximate surface area is 120 Å². The third-order valence-corrected chi connectivity index (χ3v) is 5.05. The number of carboxylic acid groups (broad SMARTS) is 1. The van der Waals surface area contributed by atoms with Gasteiger partial charge in [0, 0.05) is 26.2 Å². The van der Waals surface area contributed by atoms with E-state index in [1.807, 2.05) is 11.9 Å². The van der Waals surface area contributed by atoms with Gasteiger partial charge >= 0.3 is 5.97 Å². The molecule has 0 aromatic carbocycles. The van der Waals surface area contributed by atoms with Crippen molar-refractivity contribution >= 4 is 11.9 Å². The second-order valence-electron chi connectivity index (χ2n) is 6.10. The van der Waals surface area contributed by atoms with Crippen LogP contribution in [0.1, 0.15) is 39.0 Å². The fourth-order valence-electron chi connectivity index (χ4n) is 3.62. The standard InChI is InChI=1S/C15H26N2O3/c1-3-17-9-7-11(8-10-17)16(2)14(18)12-5-4-6-13(12)15(19)20/h11-13H,3-10H2,1-2H3,(H,19,20)/t12-,13+/m1/s1. The van der Waals surface area contributed by atoms with E-state index in [2.05, 4.69) is 11.8 Å². The minimum absolute atomic E-state index is 0.0462. The highest BCUT2D eigenvalue weighted by atomic mass is 16.4. The van der Waals surface area contributed by atoms with Crippen molar-refractivity contribution in [3.63, 3.8) is 0 Å². The minimum atomic E-state index is -0.810. The zero-order chi connectivity index (χ0) is 14.7. The molecule has 1 saturated heterocycles. The highest BCUT2D eigenvalue weighted by molar-refractivity contribution is 5.85. The van der Waals surface area contributed by atoms with Gasteiger partial charge in [0.15, 0.2) is 0 Å². The Balaban J connectivity index is 1.93. The lowest BCUT2D eigenvalue weighted by Crippen LogP contribution is -2.48. The van der Waals surface area contributed by atoms with Gasteiger partial charge in [-0.1, -0.05) is 13.3 Å². The fourth-order valence-corrected chi connectivity index (χ4v) is 3.62. The summed E-state index contributed by atoms with van der Waals surface area (Å²) in [6.07, 6.45) is 4.23. The third kappa shape index (κ3) is 3.14. The van der Waals surface area contributed by atoms with Crippen LogP contribution < -0.4 is 0 Å². The van der Waals surface area contributed by atoms with E-state index in [0.717, 1.165) is 45.3 Å². The average molecular weight is 282 g/mol. The minimum Gasteiger partial charge on any atom is -0.481 e. The molecule has 0 radical (unpaired) electrons. The number of carbonyl (C=O) groups excluding carboxylic acids is 1. The maximum Gasteiger partial charge on any atom is 0.307 e. The molecule has 1 heterocycles. The van der Waals surface area contributed by atoms with Crippen molar-refractivity contribution in [2.75, 3.05) is 26.7 Å². The van der Waals surface area contributed by atoms with Crippen LogP contribution in [0.2, 0.25) is 0 Å². The number of amides is 1. The summed E-state index contributed by atoms with van der Waals surface area (Å²) >= 11 is 0. The summed E-state index contributed by atoms with van der Waals surface area (Å²) in [6, 6.07) is 0.278. The quantitative estimate of drug-likeness (QED) is 0.847. The number of carboxylic acids is 1. The van der Waals surface area contributed by atoms with Gasteiger partial charge in [-0.3, -0.25) is 9.59 Å². The van der Waals surface area contributed by atoms with Crippen LogP contribution in [-0.4, -0.2) is 59.5 Å². The molecule has 5 nitrogen and oxygen atoms in total. The molecule has 0 spiro atoms. The Morgan fingerprint density at radius 3 is 2.30 bits per heavy atom. The molecule has 1 aliphatic carbocycles. The van der Waals surface area contributed by atoms with Gasteiger partial charge < -0.3 is 14.9 Å². The molecule has 1 saturated carbocycles. The molecule has 1 N–H and O–H groups in total. The van der Waals surface area contributed by atoms with E-state index >= 15 is 0 Å². The summed E-state index contributed by atoms with van der Waals surface area (Å²) < 4.78 is 0. The van der Waals surface area contributed by atoms with Crippen LogP contribution in [0.15, 0.2) is 0 Å². The molecular formula is C15H26N2O3. The molecule has 0 aromatic rings. The molecule has 1 aliphatic heterocycles. The van der Waals surface area contributed by atoms with Crippen LogP contribution in [0, 0.1) is 11.8 Å². The number of likely N-dealkylation sites (tertiary alicyclic amines) is 1. The molecule has 2 atom stereocenters. The predicted octanol–water partition coefficient (Wildman–Crippen LogP) is 1.43. The van der Waals surface area contributed by atoms with Gasteiger partial charge in [0.05, 0.1) is 11.8 Å². The molecule has 2 rings (SSSR count). The molecule has 0 unspecified atom stereocenters. The first kappa shape index (κ1) is 15.3. The maximum atomic E-state index is 12.6. The van der Waals surface area contributed by atoms with Crippen LogP contribution in [0.3, 0.4) is 0 Å². The molecule has 1 amide bonds. The summed E-state index contributed by atoms with van der Waals surface area (Å²) in [4.78, 5) is 28.0. The van der Waals surface area contributed by atoms with Gasteiger partial charge in [-0.15, -0.1) is 0 Å². The van der Waals surface area contributed by atoms with Crippen LogP contribution >= 0.6 is 0 Å². The lowest BCUT2D eigenvalue weighted by atomic mass is 9.93. The Bertz CT molecular complexity index is 364. The normalized spacial score (nSPS) is 28.5. The first-order chi connectivity index (χ1) is 9.54. The summed E-state index contributed by atoms with van der Waals surface area (Å²) in [5.74, 6) is -1.54. The van der Waals surface area contributed by atoms with E-state index in [1.54, 1.807) is 0 Å². The van der Waals surface area contributed by atoms with E-state index < -0.39 is 11.9 Å². The average Bonchev–Trinajstić information content (AvgIpc) is 2.95. The Morgan fingerprint density at radius 1 is 1.15 bits per heavy atom. The van der Waals surface area contributed by atoms with E-state index in [0.29, 0.717) is 6.42 Å². The van der Waals surface area contributed by atoms with E-state index in [-0.39, 0.29) is 17.9 Å². The number of aliphatic carboxylic acids is 1. The van der Waals surface area contributed by atoms with Gasteiger partial charge in [-0.05, 0) is 32.2 Å². The predicted molar refractivity (Wildman–Crippen MR) is 76.4 cm³/mol. The third-order valence-electron chi connectivity index (χ3n) is 5.05. The monoisotopic (exact) mass is 282 g/mol. The summed E-state index contributed by atoms with van der Waals surface area (Å²) in [7, 11) is 1.85. The molecule has 0 bridgehead atoms. The van der Waals surface area contributed by atoms with Crippen molar-refractivity contribution in [3.05, 3.63) is 0 Å². The second kappa shape index (κ2) is 6.57. The zero-order valence-corrected chi connectivity index (χ0v) is 12.5. The van der Waals surface area contributed by atoms with Crippen molar-refractivity contribution in [2.45, 2.75) is 45.1 Å². The number of carbonyl (C=O) groups is 2. The van der Waals surface area contributed by atoms with Crippen LogP contribution in [-0.2, 0) is 9.59 Å². The molecule has 2 aliphatic rings.